The van der Waals surface area contributed by atoms with Crippen molar-refractivity contribution in [2.75, 3.05) is 72.4 Å². The molecule has 0 bridgehead atoms. The van der Waals surface area contributed by atoms with Crippen LogP contribution in [0.5, 0.6) is 0 Å². The monoisotopic (exact) mass is 993 g/mol. The number of fused-ring (bicyclic) bond motifs is 5. The molecular weight excluding hydrogens is 881 g/mol. The molecule has 1 saturated heterocycles. The van der Waals surface area contributed by atoms with Gasteiger partial charge in [-0.05, 0) is 156 Å². The number of hydrogen-bond acceptors (Lipinski definition) is 7. The first-order chi connectivity index (χ1) is 34.1. The van der Waals surface area contributed by atoms with Gasteiger partial charge in [0.15, 0.2) is 0 Å². The Morgan fingerprint density at radius 3 is 2.11 bits per heavy atom. The van der Waals surface area contributed by atoms with Crippen LogP contribution < -0.4 is 0 Å². The summed E-state index contributed by atoms with van der Waals surface area (Å²) in [6.45, 7) is 30.9. The van der Waals surface area contributed by atoms with Crippen molar-refractivity contribution in [1.82, 2.24) is 9.80 Å². The van der Waals surface area contributed by atoms with Gasteiger partial charge in [0.25, 0.3) is 0 Å². The standard InChI is InChI=1S/C63H112N2O6/c1-11-12-13-14-15-16-17-18-19-20-21-22-23-24-25-26-27-43-68-50-55(49-64-39-41-65(42-40-64)59(66)71-60(5,6)7)70-47-45-67-44-46-69-54-34-37-61(8)53(48-54)33-36-63(10)57-32-31-56(52(4)30-28-29-51(2)3)62(57,9)38-35-58(61)63/h15-16,18-19,33,51-52,54-58H,11-14,17,20-32,34-50H2,1-10H3/b16-15-,19-18-/t52-,54?,55?,56-,57-,58-,61+,62-,63+/m1/s1. The molecule has 4 fully saturated rings. The normalized spacial score (nSPS) is 29.1. The summed E-state index contributed by atoms with van der Waals surface area (Å²) >= 11 is 0. The van der Waals surface area contributed by atoms with Crippen molar-refractivity contribution in [3.8, 4) is 0 Å². The van der Waals surface area contributed by atoms with Gasteiger partial charge in [0, 0.05) is 39.3 Å². The minimum Gasteiger partial charge on any atom is -0.444 e. The molecule has 0 aromatic rings. The van der Waals surface area contributed by atoms with Crippen molar-refractivity contribution < 1.29 is 28.5 Å². The highest BCUT2D eigenvalue weighted by molar-refractivity contribution is 5.68. The molecule has 71 heavy (non-hydrogen) atoms. The van der Waals surface area contributed by atoms with Crippen molar-refractivity contribution in [1.29, 1.82) is 0 Å². The number of allylic oxidation sites excluding steroid dienone is 5. The van der Waals surface area contributed by atoms with Gasteiger partial charge in [0.05, 0.1) is 45.2 Å². The SMILES string of the molecule is CCCCC/C=C\C/C=C\CCCCCCCCCOCC(CN1CCN(C(=O)OC(C)(C)C)CC1)OCCOCCOC1CC[C@@]2(C)C(=CC[C@@]3(C)[C@@H]4CC[C@H]([C@H](C)CCCC(C)C)[C@@]4(C)CC[C@@H]32)C1. The van der Waals surface area contributed by atoms with Crippen LogP contribution in [0, 0.1) is 45.8 Å². The molecule has 0 aromatic heterocycles. The lowest BCUT2D eigenvalue weighted by atomic mass is 9.41. The van der Waals surface area contributed by atoms with Crippen LogP contribution in [0.1, 0.15) is 223 Å². The van der Waals surface area contributed by atoms with E-state index in [1.807, 2.05) is 25.7 Å². The van der Waals surface area contributed by atoms with Gasteiger partial charge in [-0.2, -0.15) is 0 Å². The largest absolute Gasteiger partial charge is 0.444 e. The second-order valence-corrected chi connectivity index (χ2v) is 25.6. The van der Waals surface area contributed by atoms with Crippen molar-refractivity contribution in [2.45, 2.75) is 241 Å². The van der Waals surface area contributed by atoms with Crippen LogP contribution in [0.4, 0.5) is 4.79 Å². The summed E-state index contributed by atoms with van der Waals surface area (Å²) in [4.78, 5) is 16.9. The average Bonchev–Trinajstić information content (AvgIpc) is 3.69. The molecule has 8 nitrogen and oxygen atoms in total. The molecular formula is C63H112N2O6. The first-order valence-corrected chi connectivity index (χ1v) is 30.2. The van der Waals surface area contributed by atoms with Crippen LogP contribution in [-0.2, 0) is 23.7 Å². The van der Waals surface area contributed by atoms with Crippen molar-refractivity contribution in [2.24, 2.45) is 45.8 Å². The predicted molar refractivity (Wildman–Crippen MR) is 297 cm³/mol. The van der Waals surface area contributed by atoms with Gasteiger partial charge < -0.3 is 28.6 Å². The maximum absolute atomic E-state index is 12.7. The van der Waals surface area contributed by atoms with E-state index in [2.05, 4.69) is 83.7 Å². The molecule has 4 aliphatic carbocycles. The van der Waals surface area contributed by atoms with Gasteiger partial charge in [0.2, 0.25) is 0 Å². The quantitative estimate of drug-likeness (QED) is 0.0479. The van der Waals surface area contributed by atoms with E-state index in [1.165, 1.54) is 128 Å². The Hall–Kier alpha value is -1.71. The van der Waals surface area contributed by atoms with E-state index in [4.69, 9.17) is 23.7 Å². The number of amides is 1. The molecule has 0 N–H and O–H groups in total. The maximum atomic E-state index is 12.7. The zero-order chi connectivity index (χ0) is 51.2. The molecule has 1 aliphatic heterocycles. The Morgan fingerprint density at radius 1 is 0.718 bits per heavy atom. The summed E-state index contributed by atoms with van der Waals surface area (Å²) < 4.78 is 31.1. The Morgan fingerprint density at radius 2 is 1.41 bits per heavy atom. The lowest BCUT2D eigenvalue weighted by Crippen LogP contribution is -2.56. The average molecular weight is 994 g/mol. The molecule has 1 amide bonds. The summed E-state index contributed by atoms with van der Waals surface area (Å²) in [7, 11) is 0. The highest BCUT2D eigenvalue weighted by Gasteiger charge is 2.64. The third kappa shape index (κ3) is 19.1. The highest BCUT2D eigenvalue weighted by Crippen LogP contribution is 2.72. The Balaban J connectivity index is 0.971. The number of unbranched alkanes of at least 4 members (excludes halogenated alkanes) is 10. The van der Waals surface area contributed by atoms with Crippen molar-refractivity contribution >= 4 is 6.09 Å². The highest BCUT2D eigenvalue weighted by atomic mass is 16.6. The topological polar surface area (TPSA) is 69.7 Å². The summed E-state index contributed by atoms with van der Waals surface area (Å²) in [6, 6.07) is 0. The molecule has 5 aliphatic rings. The minimum atomic E-state index is -0.488. The molecule has 5 rings (SSSR count). The van der Waals surface area contributed by atoms with Gasteiger partial charge >= 0.3 is 6.09 Å². The third-order valence-electron chi connectivity index (χ3n) is 18.5. The Labute approximate surface area is 438 Å². The van der Waals surface area contributed by atoms with Crippen molar-refractivity contribution in [3.63, 3.8) is 0 Å². The van der Waals surface area contributed by atoms with E-state index >= 15 is 0 Å². The number of carbonyl (C=O) groups excluding carboxylic acids is 1. The van der Waals surface area contributed by atoms with E-state index in [1.54, 1.807) is 5.57 Å². The lowest BCUT2D eigenvalue weighted by Gasteiger charge is -2.63. The zero-order valence-corrected chi connectivity index (χ0v) is 48.0. The van der Waals surface area contributed by atoms with E-state index in [0.29, 0.717) is 68.5 Å². The van der Waals surface area contributed by atoms with E-state index in [0.717, 1.165) is 81.5 Å². The zero-order valence-electron chi connectivity index (χ0n) is 48.0. The molecule has 3 saturated carbocycles. The summed E-state index contributed by atoms with van der Waals surface area (Å²) in [5.74, 6) is 4.23. The number of piperazine rings is 1. The summed E-state index contributed by atoms with van der Waals surface area (Å²) in [5, 5.41) is 0. The van der Waals surface area contributed by atoms with Crippen LogP contribution in [0.3, 0.4) is 0 Å². The van der Waals surface area contributed by atoms with E-state index in [9.17, 15) is 4.79 Å². The maximum Gasteiger partial charge on any atom is 0.410 e. The predicted octanol–water partition coefficient (Wildman–Crippen LogP) is 16.0. The molecule has 9 atom stereocenters. The van der Waals surface area contributed by atoms with Gasteiger partial charge in [0.1, 0.15) is 5.60 Å². The fourth-order valence-electron chi connectivity index (χ4n) is 14.6. The van der Waals surface area contributed by atoms with Crippen LogP contribution in [0.15, 0.2) is 36.0 Å². The number of ether oxygens (including phenoxy) is 5. The molecule has 2 unspecified atom stereocenters. The van der Waals surface area contributed by atoms with Gasteiger partial charge in [-0.15, -0.1) is 0 Å². The Bertz CT molecular complexity index is 1580. The molecule has 8 heteroatoms. The number of carbonyl (C=O) groups is 1. The second kappa shape index (κ2) is 30.7. The van der Waals surface area contributed by atoms with Gasteiger partial charge in [-0.25, -0.2) is 4.79 Å². The molecule has 0 spiro atoms. The molecule has 0 radical (unpaired) electrons. The fourth-order valence-corrected chi connectivity index (χ4v) is 14.6. The molecule has 0 aromatic carbocycles. The Kier molecular flexibility index (Phi) is 26.0. The first-order valence-electron chi connectivity index (χ1n) is 30.2. The minimum absolute atomic E-state index is 0.0444. The first kappa shape index (κ1) is 60.2. The fraction of sp³-hybridized carbons (Fsp3) is 0.889. The number of hydrogen-bond donors (Lipinski definition) is 0. The van der Waals surface area contributed by atoms with Crippen LogP contribution >= 0.6 is 0 Å². The number of nitrogens with zero attached hydrogens (tertiary/aromatic N) is 2. The smallest absolute Gasteiger partial charge is 0.410 e. The third-order valence-corrected chi connectivity index (χ3v) is 18.5. The summed E-state index contributed by atoms with van der Waals surface area (Å²) in [5.41, 5.74) is 2.46. The van der Waals surface area contributed by atoms with Gasteiger partial charge in [-0.3, -0.25) is 4.90 Å². The molecule has 410 valence electrons. The molecule has 1 heterocycles. The van der Waals surface area contributed by atoms with E-state index < -0.39 is 5.60 Å². The van der Waals surface area contributed by atoms with Crippen LogP contribution in [-0.4, -0.2) is 106 Å². The van der Waals surface area contributed by atoms with Crippen LogP contribution in [0.25, 0.3) is 0 Å². The van der Waals surface area contributed by atoms with Gasteiger partial charge in [-0.1, -0.05) is 149 Å². The van der Waals surface area contributed by atoms with Crippen LogP contribution in [0.2, 0.25) is 0 Å². The summed E-state index contributed by atoms with van der Waals surface area (Å²) in [6.07, 6.45) is 43.1. The van der Waals surface area contributed by atoms with E-state index in [-0.39, 0.29) is 12.2 Å². The lowest BCUT2D eigenvalue weighted by molar-refractivity contribution is -0.118. The van der Waals surface area contributed by atoms with Crippen molar-refractivity contribution in [3.05, 3.63) is 36.0 Å². The number of rotatable bonds is 33. The second-order valence-electron chi connectivity index (χ2n) is 25.6.